The van der Waals surface area contributed by atoms with Crippen molar-refractivity contribution in [2.45, 2.75) is 13.3 Å². The Labute approximate surface area is 152 Å². The lowest BCUT2D eigenvalue weighted by molar-refractivity contribution is 0.236. The van der Waals surface area contributed by atoms with E-state index >= 15 is 0 Å². The van der Waals surface area contributed by atoms with Gasteiger partial charge < -0.3 is 15.4 Å². The van der Waals surface area contributed by atoms with Crippen molar-refractivity contribution in [3.63, 3.8) is 0 Å². The summed E-state index contributed by atoms with van der Waals surface area (Å²) in [6, 6.07) is 12.9. The van der Waals surface area contributed by atoms with Crippen molar-refractivity contribution >= 4 is 29.2 Å². The molecule has 0 saturated carbocycles. The van der Waals surface area contributed by atoms with Crippen molar-refractivity contribution in [2.75, 3.05) is 19.7 Å². The molecule has 0 radical (unpaired) electrons. The predicted octanol–water partition coefficient (Wildman–Crippen LogP) is 4.22. The Morgan fingerprint density at radius 1 is 1.08 bits per heavy atom. The van der Waals surface area contributed by atoms with Gasteiger partial charge in [0.1, 0.15) is 12.4 Å². The highest BCUT2D eigenvalue weighted by atomic mass is 35.5. The van der Waals surface area contributed by atoms with E-state index < -0.39 is 0 Å². The van der Waals surface area contributed by atoms with Crippen LogP contribution in [0.1, 0.15) is 11.1 Å². The van der Waals surface area contributed by atoms with Gasteiger partial charge in [-0.2, -0.15) is 0 Å². The Hall–Kier alpha value is -1.91. The molecule has 0 saturated heterocycles. The number of urea groups is 1. The van der Waals surface area contributed by atoms with Gasteiger partial charge in [-0.15, -0.1) is 0 Å². The highest BCUT2D eigenvalue weighted by Gasteiger charge is 2.03. The summed E-state index contributed by atoms with van der Waals surface area (Å²) in [6.45, 7) is 3.35. The molecule has 2 amide bonds. The normalized spacial score (nSPS) is 10.3. The number of benzene rings is 2. The van der Waals surface area contributed by atoms with E-state index in [1.165, 1.54) is 0 Å². The van der Waals surface area contributed by atoms with Crippen LogP contribution in [-0.2, 0) is 6.42 Å². The molecule has 0 aliphatic carbocycles. The lowest BCUT2D eigenvalue weighted by Crippen LogP contribution is -2.38. The van der Waals surface area contributed by atoms with Crippen molar-refractivity contribution in [3.8, 4) is 5.75 Å². The van der Waals surface area contributed by atoms with Crippen LogP contribution in [0.4, 0.5) is 4.79 Å². The first-order valence-corrected chi connectivity index (χ1v) is 8.45. The summed E-state index contributed by atoms with van der Waals surface area (Å²) in [5, 5.41) is 6.74. The predicted molar refractivity (Wildman–Crippen MR) is 98.2 cm³/mol. The Morgan fingerprint density at radius 3 is 2.62 bits per heavy atom. The smallest absolute Gasteiger partial charge is 0.314 e. The first kappa shape index (κ1) is 18.4. The van der Waals surface area contributed by atoms with E-state index in [0.29, 0.717) is 36.2 Å². The van der Waals surface area contributed by atoms with Gasteiger partial charge in [-0.3, -0.25) is 0 Å². The fourth-order valence-electron chi connectivity index (χ4n) is 2.14. The Balaban J connectivity index is 1.61. The number of ether oxygens (including phenoxy) is 1. The maximum Gasteiger partial charge on any atom is 0.314 e. The van der Waals surface area contributed by atoms with Gasteiger partial charge in [0.2, 0.25) is 0 Å². The third kappa shape index (κ3) is 6.30. The second-order valence-electron chi connectivity index (χ2n) is 5.33. The summed E-state index contributed by atoms with van der Waals surface area (Å²) in [7, 11) is 0. The standard InChI is InChI=1S/C18H20Cl2N2O2/c1-13-3-2-4-16(11-13)24-10-9-22-18(23)21-8-7-14-5-6-15(19)12-17(14)20/h2-6,11-12H,7-10H2,1H3,(H2,21,22,23). The second kappa shape index (κ2) is 9.40. The number of carbonyl (C=O) groups excluding carboxylic acids is 1. The SMILES string of the molecule is Cc1cccc(OCCNC(=O)NCCc2ccc(Cl)cc2Cl)c1. The molecule has 0 aliphatic heterocycles. The molecule has 6 heteroatoms. The van der Waals surface area contributed by atoms with E-state index in [1.54, 1.807) is 12.1 Å². The van der Waals surface area contributed by atoms with E-state index in [0.717, 1.165) is 16.9 Å². The van der Waals surface area contributed by atoms with Crippen LogP contribution in [0.25, 0.3) is 0 Å². The minimum absolute atomic E-state index is 0.229. The van der Waals surface area contributed by atoms with Crippen molar-refractivity contribution in [1.29, 1.82) is 0 Å². The lowest BCUT2D eigenvalue weighted by Gasteiger charge is -2.10. The first-order chi connectivity index (χ1) is 11.5. The summed E-state index contributed by atoms with van der Waals surface area (Å²) in [5.41, 5.74) is 2.09. The fraction of sp³-hybridized carbons (Fsp3) is 0.278. The number of carbonyl (C=O) groups is 1. The molecule has 24 heavy (non-hydrogen) atoms. The molecule has 2 aromatic rings. The molecule has 0 aliphatic rings. The van der Waals surface area contributed by atoms with Crippen LogP contribution in [0.5, 0.6) is 5.75 Å². The number of aryl methyl sites for hydroxylation is 1. The van der Waals surface area contributed by atoms with Crippen molar-refractivity contribution < 1.29 is 9.53 Å². The van der Waals surface area contributed by atoms with Crippen LogP contribution in [0.15, 0.2) is 42.5 Å². The summed E-state index contributed by atoms with van der Waals surface area (Å²) in [6.07, 6.45) is 0.642. The maximum atomic E-state index is 11.7. The third-order valence-corrected chi connectivity index (χ3v) is 3.93. The van der Waals surface area contributed by atoms with Crippen molar-refractivity contribution in [3.05, 3.63) is 63.6 Å². The summed E-state index contributed by atoms with van der Waals surface area (Å²) in [5.74, 6) is 0.801. The number of hydrogen-bond acceptors (Lipinski definition) is 2. The van der Waals surface area contributed by atoms with Crippen LogP contribution < -0.4 is 15.4 Å². The molecule has 0 unspecified atom stereocenters. The topological polar surface area (TPSA) is 50.4 Å². The number of amides is 2. The summed E-state index contributed by atoms with van der Waals surface area (Å²) < 4.78 is 5.57. The third-order valence-electron chi connectivity index (χ3n) is 3.34. The minimum atomic E-state index is -0.229. The van der Waals surface area contributed by atoms with Crippen LogP contribution in [-0.4, -0.2) is 25.7 Å². The molecule has 4 nitrogen and oxygen atoms in total. The van der Waals surface area contributed by atoms with Gasteiger partial charge >= 0.3 is 6.03 Å². The zero-order chi connectivity index (χ0) is 17.4. The molecule has 0 heterocycles. The largest absolute Gasteiger partial charge is 0.492 e. The zero-order valence-electron chi connectivity index (χ0n) is 13.4. The Bertz CT molecular complexity index is 692. The number of rotatable bonds is 7. The minimum Gasteiger partial charge on any atom is -0.492 e. The molecule has 0 atom stereocenters. The van der Waals surface area contributed by atoms with Gasteiger partial charge in [0.15, 0.2) is 0 Å². The van der Waals surface area contributed by atoms with Crippen molar-refractivity contribution in [2.24, 2.45) is 0 Å². The van der Waals surface area contributed by atoms with Gasteiger partial charge in [0, 0.05) is 16.6 Å². The van der Waals surface area contributed by atoms with E-state index in [9.17, 15) is 4.79 Å². The Morgan fingerprint density at radius 2 is 1.88 bits per heavy atom. The highest BCUT2D eigenvalue weighted by molar-refractivity contribution is 6.35. The van der Waals surface area contributed by atoms with Crippen LogP contribution in [0.3, 0.4) is 0 Å². The Kier molecular flexibility index (Phi) is 7.22. The van der Waals surface area contributed by atoms with Gasteiger partial charge in [-0.1, -0.05) is 41.4 Å². The van der Waals surface area contributed by atoms with E-state index in [-0.39, 0.29) is 6.03 Å². The fourth-order valence-corrected chi connectivity index (χ4v) is 2.64. The summed E-state index contributed by atoms with van der Waals surface area (Å²) in [4.78, 5) is 11.7. The van der Waals surface area contributed by atoms with Gasteiger partial charge in [0.05, 0.1) is 6.54 Å². The highest BCUT2D eigenvalue weighted by Crippen LogP contribution is 2.21. The molecule has 0 bridgehead atoms. The summed E-state index contributed by atoms with van der Waals surface area (Å²) >= 11 is 11.9. The maximum absolute atomic E-state index is 11.7. The number of halogens is 2. The molecule has 128 valence electrons. The van der Waals surface area contributed by atoms with Gasteiger partial charge in [0.25, 0.3) is 0 Å². The molecule has 0 aromatic heterocycles. The van der Waals surface area contributed by atoms with Crippen molar-refractivity contribution in [1.82, 2.24) is 10.6 Å². The van der Waals surface area contributed by atoms with Crippen LogP contribution >= 0.6 is 23.2 Å². The average Bonchev–Trinajstić information content (AvgIpc) is 2.54. The molecular weight excluding hydrogens is 347 g/mol. The van der Waals surface area contributed by atoms with Crippen LogP contribution in [0, 0.1) is 6.92 Å². The van der Waals surface area contributed by atoms with E-state index in [4.69, 9.17) is 27.9 Å². The van der Waals surface area contributed by atoms with Gasteiger partial charge in [-0.05, 0) is 48.7 Å². The monoisotopic (exact) mass is 366 g/mol. The number of nitrogens with one attached hydrogen (secondary N) is 2. The quantitative estimate of drug-likeness (QED) is 0.720. The zero-order valence-corrected chi connectivity index (χ0v) is 15.0. The van der Waals surface area contributed by atoms with Crippen LogP contribution in [0.2, 0.25) is 10.0 Å². The molecule has 2 rings (SSSR count). The molecule has 2 N–H and O–H groups in total. The van der Waals surface area contributed by atoms with E-state index in [2.05, 4.69) is 10.6 Å². The molecule has 0 spiro atoms. The second-order valence-corrected chi connectivity index (χ2v) is 6.18. The molecule has 0 fully saturated rings. The van der Waals surface area contributed by atoms with E-state index in [1.807, 2.05) is 37.3 Å². The molecular formula is C18H20Cl2N2O2. The first-order valence-electron chi connectivity index (χ1n) is 7.69. The average molecular weight is 367 g/mol. The number of hydrogen-bond donors (Lipinski definition) is 2. The lowest BCUT2D eigenvalue weighted by atomic mass is 10.1. The van der Waals surface area contributed by atoms with Gasteiger partial charge in [-0.25, -0.2) is 4.79 Å². The molecule has 2 aromatic carbocycles.